The summed E-state index contributed by atoms with van der Waals surface area (Å²) in [5, 5.41) is 3.65. The van der Waals surface area contributed by atoms with Crippen LogP contribution in [0.15, 0.2) is 11.6 Å². The van der Waals surface area contributed by atoms with Gasteiger partial charge in [0.05, 0.1) is 0 Å². The molecule has 1 N–H and O–H groups in total. The van der Waals surface area contributed by atoms with Crippen molar-refractivity contribution in [3.8, 4) is 0 Å². The molecule has 0 aliphatic heterocycles. The van der Waals surface area contributed by atoms with Gasteiger partial charge in [-0.3, -0.25) is 0 Å². The van der Waals surface area contributed by atoms with Crippen molar-refractivity contribution < 1.29 is 0 Å². The Morgan fingerprint density at radius 3 is 2.61 bits per heavy atom. The van der Waals surface area contributed by atoms with E-state index in [1.807, 2.05) is 0 Å². The first-order valence-corrected chi connectivity index (χ1v) is 8.01. The fourth-order valence-corrected chi connectivity index (χ4v) is 4.12. The molecule has 104 valence electrons. The van der Waals surface area contributed by atoms with Gasteiger partial charge >= 0.3 is 0 Å². The predicted octanol–water partition coefficient (Wildman–Crippen LogP) is 4.68. The molecule has 1 fully saturated rings. The van der Waals surface area contributed by atoms with Crippen molar-refractivity contribution >= 4 is 0 Å². The Hall–Kier alpha value is -0.300. The molecule has 2 aliphatic rings. The molecule has 0 heterocycles. The molecule has 0 bridgehead atoms. The van der Waals surface area contributed by atoms with E-state index >= 15 is 0 Å². The maximum absolute atomic E-state index is 3.65. The van der Waals surface area contributed by atoms with Gasteiger partial charge in [0, 0.05) is 6.04 Å². The minimum atomic E-state index is 0.525. The lowest BCUT2D eigenvalue weighted by molar-refractivity contribution is 0.216. The lowest BCUT2D eigenvalue weighted by Crippen LogP contribution is -2.40. The molecule has 2 unspecified atom stereocenters. The quantitative estimate of drug-likeness (QED) is 0.716. The summed E-state index contributed by atoms with van der Waals surface area (Å²) in [5.74, 6) is 0.841. The van der Waals surface area contributed by atoms with Crippen molar-refractivity contribution in [1.29, 1.82) is 0 Å². The summed E-state index contributed by atoms with van der Waals surface area (Å²) < 4.78 is 0. The number of rotatable bonds is 3. The minimum Gasteiger partial charge on any atom is -0.313 e. The molecule has 0 aromatic rings. The van der Waals surface area contributed by atoms with E-state index in [2.05, 4.69) is 32.3 Å². The minimum absolute atomic E-state index is 0.525. The van der Waals surface area contributed by atoms with Gasteiger partial charge in [-0.1, -0.05) is 44.8 Å². The van der Waals surface area contributed by atoms with Crippen LogP contribution in [0.5, 0.6) is 0 Å². The van der Waals surface area contributed by atoms with Gasteiger partial charge in [-0.05, 0) is 56.9 Å². The Balaban J connectivity index is 2.11. The molecular formula is C17H31N. The second kappa shape index (κ2) is 6.23. The fraction of sp³-hybridized carbons (Fsp3) is 0.882. The molecular weight excluding hydrogens is 218 g/mol. The molecule has 0 amide bonds. The maximum atomic E-state index is 3.65. The monoisotopic (exact) mass is 249 g/mol. The van der Waals surface area contributed by atoms with E-state index in [1.54, 1.807) is 5.57 Å². The van der Waals surface area contributed by atoms with Crippen molar-refractivity contribution in [3.63, 3.8) is 0 Å². The lowest BCUT2D eigenvalue weighted by atomic mass is 9.74. The zero-order valence-corrected chi connectivity index (χ0v) is 12.6. The van der Waals surface area contributed by atoms with Crippen molar-refractivity contribution in [1.82, 2.24) is 5.32 Å². The number of hydrogen-bond acceptors (Lipinski definition) is 1. The van der Waals surface area contributed by atoms with Crippen LogP contribution >= 0.6 is 0 Å². The van der Waals surface area contributed by atoms with Crippen LogP contribution in [0.4, 0.5) is 0 Å². The van der Waals surface area contributed by atoms with Gasteiger partial charge in [0.1, 0.15) is 0 Å². The average molecular weight is 249 g/mol. The van der Waals surface area contributed by atoms with E-state index in [0.717, 1.165) is 5.92 Å². The maximum Gasteiger partial charge on any atom is 0.0310 e. The number of hydrogen-bond donors (Lipinski definition) is 1. The molecule has 2 atom stereocenters. The number of likely N-dealkylation sites (N-methyl/N-ethyl adjacent to an activating group) is 1. The van der Waals surface area contributed by atoms with Crippen molar-refractivity contribution in [3.05, 3.63) is 11.6 Å². The highest BCUT2D eigenvalue weighted by molar-refractivity contribution is 5.15. The van der Waals surface area contributed by atoms with Gasteiger partial charge in [0.25, 0.3) is 0 Å². The van der Waals surface area contributed by atoms with Crippen LogP contribution < -0.4 is 5.32 Å². The predicted molar refractivity (Wildman–Crippen MR) is 79.8 cm³/mol. The molecule has 0 aromatic heterocycles. The molecule has 1 heteroatoms. The van der Waals surface area contributed by atoms with Crippen molar-refractivity contribution in [2.45, 2.75) is 77.7 Å². The van der Waals surface area contributed by atoms with Crippen molar-refractivity contribution in [2.24, 2.45) is 11.3 Å². The van der Waals surface area contributed by atoms with E-state index in [1.165, 1.54) is 57.8 Å². The SMILES string of the molecule is CNC(C1=CCCCCCC1)C1CCCC1(C)C. The second-order valence-corrected chi connectivity index (χ2v) is 6.99. The smallest absolute Gasteiger partial charge is 0.0310 e. The van der Waals surface area contributed by atoms with Crippen LogP contribution in [-0.4, -0.2) is 13.1 Å². The van der Waals surface area contributed by atoms with Crippen LogP contribution in [0.2, 0.25) is 0 Å². The van der Waals surface area contributed by atoms with Crippen LogP contribution in [0.3, 0.4) is 0 Å². The standard InChI is InChI=1S/C17H31N/c1-17(2)13-9-12-15(17)16(18-3)14-10-7-5-4-6-8-11-14/h10,15-16,18H,4-9,11-13H2,1-3H3. The normalized spacial score (nSPS) is 30.4. The topological polar surface area (TPSA) is 12.0 Å². The highest BCUT2D eigenvalue weighted by Gasteiger charge is 2.39. The van der Waals surface area contributed by atoms with Gasteiger partial charge in [0.15, 0.2) is 0 Å². The fourth-order valence-electron chi connectivity index (χ4n) is 4.12. The molecule has 1 nitrogen and oxygen atoms in total. The molecule has 0 aromatic carbocycles. The van der Waals surface area contributed by atoms with Gasteiger partial charge in [-0.15, -0.1) is 0 Å². The number of nitrogens with one attached hydrogen (secondary N) is 1. The Morgan fingerprint density at radius 1 is 1.17 bits per heavy atom. The zero-order chi connectivity index (χ0) is 13.0. The Bertz CT molecular complexity index is 290. The third kappa shape index (κ3) is 3.17. The zero-order valence-electron chi connectivity index (χ0n) is 12.6. The van der Waals surface area contributed by atoms with Gasteiger partial charge in [-0.2, -0.15) is 0 Å². The third-order valence-corrected chi connectivity index (χ3v) is 5.28. The highest BCUT2D eigenvalue weighted by Crippen LogP contribution is 2.46. The summed E-state index contributed by atoms with van der Waals surface area (Å²) in [6, 6.07) is 0.639. The van der Waals surface area contributed by atoms with Crippen LogP contribution in [0.1, 0.15) is 71.6 Å². The van der Waals surface area contributed by atoms with E-state index in [9.17, 15) is 0 Å². The summed E-state index contributed by atoms with van der Waals surface area (Å²) in [7, 11) is 2.17. The average Bonchev–Trinajstić information content (AvgIpc) is 2.62. The molecule has 18 heavy (non-hydrogen) atoms. The third-order valence-electron chi connectivity index (χ3n) is 5.28. The largest absolute Gasteiger partial charge is 0.313 e. The van der Waals surface area contributed by atoms with E-state index in [4.69, 9.17) is 0 Å². The van der Waals surface area contributed by atoms with Crippen LogP contribution in [-0.2, 0) is 0 Å². The summed E-state index contributed by atoms with van der Waals surface area (Å²) >= 11 is 0. The molecule has 1 saturated carbocycles. The van der Waals surface area contributed by atoms with Gasteiger partial charge in [0.2, 0.25) is 0 Å². The summed E-state index contributed by atoms with van der Waals surface area (Å²) in [4.78, 5) is 0. The van der Waals surface area contributed by atoms with Crippen LogP contribution in [0.25, 0.3) is 0 Å². The lowest BCUT2D eigenvalue weighted by Gasteiger charge is -2.36. The van der Waals surface area contributed by atoms with E-state index in [0.29, 0.717) is 11.5 Å². The molecule has 0 radical (unpaired) electrons. The first-order chi connectivity index (χ1) is 8.65. The Morgan fingerprint density at radius 2 is 1.94 bits per heavy atom. The van der Waals surface area contributed by atoms with Crippen LogP contribution in [0, 0.1) is 11.3 Å². The van der Waals surface area contributed by atoms with Gasteiger partial charge < -0.3 is 5.32 Å². The molecule has 0 spiro atoms. The first kappa shape index (κ1) is 14.1. The van der Waals surface area contributed by atoms with E-state index in [-0.39, 0.29) is 0 Å². The second-order valence-electron chi connectivity index (χ2n) is 6.99. The Kier molecular flexibility index (Phi) is 4.89. The van der Waals surface area contributed by atoms with E-state index < -0.39 is 0 Å². The highest BCUT2D eigenvalue weighted by atomic mass is 14.9. The summed E-state index contributed by atoms with van der Waals surface area (Å²) in [6.45, 7) is 4.94. The number of allylic oxidation sites excluding steroid dienone is 1. The van der Waals surface area contributed by atoms with Crippen molar-refractivity contribution in [2.75, 3.05) is 7.05 Å². The summed E-state index contributed by atoms with van der Waals surface area (Å²) in [5.41, 5.74) is 2.24. The first-order valence-electron chi connectivity index (χ1n) is 8.01. The summed E-state index contributed by atoms with van der Waals surface area (Å²) in [6.07, 6.45) is 15.1. The molecule has 2 rings (SSSR count). The Labute approximate surface area is 113 Å². The molecule has 0 saturated heterocycles. The molecule has 2 aliphatic carbocycles. The van der Waals surface area contributed by atoms with Gasteiger partial charge in [-0.25, -0.2) is 0 Å².